The minimum absolute atomic E-state index is 0.0369. The third-order valence-corrected chi connectivity index (χ3v) is 4.72. The van der Waals surface area contributed by atoms with Crippen molar-refractivity contribution in [2.24, 2.45) is 5.73 Å². The lowest BCUT2D eigenvalue weighted by molar-refractivity contribution is 0.0620. The summed E-state index contributed by atoms with van der Waals surface area (Å²) in [6.07, 6.45) is 0. The number of thiocarbonyl (C=S) groups is 1. The van der Waals surface area contributed by atoms with Gasteiger partial charge in [-0.1, -0.05) is 12.2 Å². The van der Waals surface area contributed by atoms with E-state index in [0.29, 0.717) is 28.1 Å². The second kappa shape index (κ2) is 6.81. The van der Waals surface area contributed by atoms with Gasteiger partial charge >= 0.3 is 0 Å². The van der Waals surface area contributed by atoms with Crippen molar-refractivity contribution in [1.29, 1.82) is 0 Å². The lowest BCUT2D eigenvalue weighted by atomic mass is 10.1. The van der Waals surface area contributed by atoms with Crippen LogP contribution in [-0.2, 0) is 0 Å². The lowest BCUT2D eigenvalue weighted by Crippen LogP contribution is -2.54. The van der Waals surface area contributed by atoms with Gasteiger partial charge in [-0.05, 0) is 41.1 Å². The van der Waals surface area contributed by atoms with E-state index in [-0.39, 0.29) is 17.8 Å². The van der Waals surface area contributed by atoms with Gasteiger partial charge in [0.2, 0.25) is 0 Å². The van der Waals surface area contributed by atoms with Crippen LogP contribution >= 0.6 is 28.1 Å². The topological polar surface area (TPSA) is 49.6 Å². The van der Waals surface area contributed by atoms with Crippen molar-refractivity contribution in [3.05, 3.63) is 34.1 Å². The van der Waals surface area contributed by atoms with Gasteiger partial charge in [0.25, 0.3) is 5.91 Å². The number of nitrogens with two attached hydrogens (primary N) is 1. The number of halogens is 2. The van der Waals surface area contributed by atoms with Gasteiger partial charge in [-0.2, -0.15) is 0 Å². The Bertz CT molecular complexity index is 561. The van der Waals surface area contributed by atoms with Crippen molar-refractivity contribution >= 4 is 39.0 Å². The first kappa shape index (κ1) is 16.3. The second-order valence-electron chi connectivity index (χ2n) is 5.03. The Morgan fingerprint density at radius 3 is 2.52 bits per heavy atom. The van der Waals surface area contributed by atoms with Gasteiger partial charge in [0, 0.05) is 30.7 Å². The van der Waals surface area contributed by atoms with E-state index in [2.05, 4.69) is 20.8 Å². The standard InChI is InChI=1S/C14H17BrFN3OS/c1-9(13(17)21)18-4-6-19(7-5-18)14(20)11-3-2-10(16)8-12(11)15/h2-3,8-9H,4-7H2,1H3,(H2,17,21). The van der Waals surface area contributed by atoms with E-state index in [1.807, 2.05) is 6.92 Å². The molecule has 1 heterocycles. The fourth-order valence-electron chi connectivity index (χ4n) is 2.33. The Labute approximate surface area is 137 Å². The van der Waals surface area contributed by atoms with E-state index in [1.165, 1.54) is 18.2 Å². The number of nitrogens with zero attached hydrogens (tertiary/aromatic N) is 2. The van der Waals surface area contributed by atoms with Crippen LogP contribution in [0.2, 0.25) is 0 Å². The van der Waals surface area contributed by atoms with Crippen molar-refractivity contribution in [3.8, 4) is 0 Å². The molecule has 1 saturated heterocycles. The van der Waals surface area contributed by atoms with Crippen molar-refractivity contribution in [2.45, 2.75) is 13.0 Å². The van der Waals surface area contributed by atoms with Gasteiger partial charge in [0.05, 0.1) is 16.6 Å². The molecule has 2 rings (SSSR count). The molecule has 21 heavy (non-hydrogen) atoms. The van der Waals surface area contributed by atoms with Crippen molar-refractivity contribution in [2.75, 3.05) is 26.2 Å². The summed E-state index contributed by atoms with van der Waals surface area (Å²) >= 11 is 8.24. The Morgan fingerprint density at radius 1 is 1.38 bits per heavy atom. The highest BCUT2D eigenvalue weighted by Crippen LogP contribution is 2.20. The predicted octanol–water partition coefficient (Wildman–Crippen LogP) is 2.02. The summed E-state index contributed by atoms with van der Waals surface area (Å²) in [6.45, 7) is 4.63. The molecule has 7 heteroatoms. The van der Waals surface area contributed by atoms with Gasteiger partial charge in [-0.25, -0.2) is 4.39 Å². The van der Waals surface area contributed by atoms with Gasteiger partial charge in [-0.3, -0.25) is 9.69 Å². The zero-order valence-corrected chi connectivity index (χ0v) is 14.1. The molecule has 0 aromatic heterocycles. The monoisotopic (exact) mass is 373 g/mol. The number of rotatable bonds is 3. The van der Waals surface area contributed by atoms with Crippen LogP contribution in [0.15, 0.2) is 22.7 Å². The van der Waals surface area contributed by atoms with Gasteiger partial charge in [-0.15, -0.1) is 0 Å². The summed E-state index contributed by atoms with van der Waals surface area (Å²) in [4.78, 5) is 16.8. The molecule has 1 aromatic carbocycles. The van der Waals surface area contributed by atoms with Crippen LogP contribution in [0.1, 0.15) is 17.3 Å². The number of piperazine rings is 1. The van der Waals surface area contributed by atoms with Crippen LogP contribution in [0.25, 0.3) is 0 Å². The zero-order valence-electron chi connectivity index (χ0n) is 11.7. The van der Waals surface area contributed by atoms with Crippen LogP contribution in [0.5, 0.6) is 0 Å². The van der Waals surface area contributed by atoms with Crippen molar-refractivity contribution in [3.63, 3.8) is 0 Å². The normalized spacial score (nSPS) is 17.6. The van der Waals surface area contributed by atoms with E-state index in [0.717, 1.165) is 13.1 Å². The summed E-state index contributed by atoms with van der Waals surface area (Å²) in [6, 6.07) is 4.14. The third kappa shape index (κ3) is 3.78. The van der Waals surface area contributed by atoms with E-state index in [1.54, 1.807) is 4.90 Å². The van der Waals surface area contributed by atoms with Crippen molar-refractivity contribution < 1.29 is 9.18 Å². The molecular weight excluding hydrogens is 357 g/mol. The molecule has 0 aliphatic carbocycles. The van der Waals surface area contributed by atoms with Gasteiger partial charge in [0.15, 0.2) is 0 Å². The molecule has 1 atom stereocenters. The van der Waals surface area contributed by atoms with E-state index < -0.39 is 0 Å². The average Bonchev–Trinajstić information content (AvgIpc) is 2.46. The quantitative estimate of drug-likeness (QED) is 0.823. The van der Waals surface area contributed by atoms with E-state index >= 15 is 0 Å². The maximum absolute atomic E-state index is 13.1. The predicted molar refractivity (Wildman–Crippen MR) is 87.8 cm³/mol. The summed E-state index contributed by atoms with van der Waals surface area (Å²) in [5, 5.41) is 0. The second-order valence-corrected chi connectivity index (χ2v) is 6.36. The first-order valence-corrected chi connectivity index (χ1v) is 7.88. The molecule has 1 amide bonds. The summed E-state index contributed by atoms with van der Waals surface area (Å²) in [5.74, 6) is -0.460. The molecule has 1 fully saturated rings. The molecule has 2 N–H and O–H groups in total. The summed E-state index contributed by atoms with van der Waals surface area (Å²) in [7, 11) is 0. The fraction of sp³-hybridized carbons (Fsp3) is 0.429. The molecule has 1 aliphatic heterocycles. The molecule has 1 unspecified atom stereocenters. The van der Waals surface area contributed by atoms with Gasteiger partial charge < -0.3 is 10.6 Å². The molecule has 0 bridgehead atoms. The maximum atomic E-state index is 13.1. The minimum atomic E-state index is -0.367. The number of carbonyl (C=O) groups excluding carboxylic acids is 1. The molecule has 0 spiro atoms. The van der Waals surface area contributed by atoms with Crippen LogP contribution in [-0.4, -0.2) is 52.9 Å². The van der Waals surface area contributed by atoms with Crippen LogP contribution in [0.4, 0.5) is 4.39 Å². The molecular formula is C14H17BrFN3OS. The van der Waals surface area contributed by atoms with Crippen LogP contribution < -0.4 is 5.73 Å². The smallest absolute Gasteiger partial charge is 0.255 e. The number of hydrogen-bond acceptors (Lipinski definition) is 3. The highest BCUT2D eigenvalue weighted by Gasteiger charge is 2.26. The highest BCUT2D eigenvalue weighted by atomic mass is 79.9. The number of carbonyl (C=O) groups is 1. The fourth-order valence-corrected chi connectivity index (χ4v) is 3.00. The number of hydrogen-bond donors (Lipinski definition) is 1. The van der Waals surface area contributed by atoms with Crippen LogP contribution in [0, 0.1) is 5.82 Å². The first-order valence-electron chi connectivity index (χ1n) is 6.68. The summed E-state index contributed by atoms with van der Waals surface area (Å²) in [5.41, 5.74) is 6.13. The zero-order chi connectivity index (χ0) is 15.6. The Hall–Kier alpha value is -1.05. The van der Waals surface area contributed by atoms with E-state index in [9.17, 15) is 9.18 Å². The summed E-state index contributed by atoms with van der Waals surface area (Å²) < 4.78 is 13.6. The molecule has 0 radical (unpaired) electrons. The van der Waals surface area contributed by atoms with Crippen LogP contribution in [0.3, 0.4) is 0 Å². The SMILES string of the molecule is CC(C(N)=S)N1CCN(C(=O)c2ccc(F)cc2Br)CC1. The Kier molecular flexibility index (Phi) is 5.29. The van der Waals surface area contributed by atoms with Crippen molar-refractivity contribution in [1.82, 2.24) is 9.80 Å². The van der Waals surface area contributed by atoms with Gasteiger partial charge in [0.1, 0.15) is 5.82 Å². The number of amides is 1. The first-order chi connectivity index (χ1) is 9.90. The Balaban J connectivity index is 2.02. The minimum Gasteiger partial charge on any atom is -0.392 e. The highest BCUT2D eigenvalue weighted by molar-refractivity contribution is 9.10. The number of benzene rings is 1. The van der Waals surface area contributed by atoms with E-state index in [4.69, 9.17) is 18.0 Å². The maximum Gasteiger partial charge on any atom is 0.255 e. The molecule has 4 nitrogen and oxygen atoms in total. The molecule has 0 saturated carbocycles. The lowest BCUT2D eigenvalue weighted by Gasteiger charge is -2.37. The third-order valence-electron chi connectivity index (χ3n) is 3.72. The molecule has 114 valence electrons. The largest absolute Gasteiger partial charge is 0.392 e. The molecule has 1 aromatic rings. The average molecular weight is 374 g/mol. The Morgan fingerprint density at radius 2 is 2.00 bits per heavy atom. The molecule has 1 aliphatic rings.